The van der Waals surface area contributed by atoms with Gasteiger partial charge in [0.25, 0.3) is 0 Å². The lowest BCUT2D eigenvalue weighted by atomic mass is 10.1. The van der Waals surface area contributed by atoms with Crippen molar-refractivity contribution in [2.45, 2.75) is 31.8 Å². The SMILES string of the molecule is O=C(NCCc1ccccn1)Nc1ccccc1OCC1CCCCO1. The average molecular weight is 355 g/mol. The number of ether oxygens (including phenoxy) is 2. The van der Waals surface area contributed by atoms with Crippen LogP contribution in [-0.2, 0) is 11.2 Å². The molecule has 0 radical (unpaired) electrons. The third kappa shape index (κ3) is 5.74. The molecule has 2 amide bonds. The lowest BCUT2D eigenvalue weighted by Crippen LogP contribution is -2.31. The van der Waals surface area contributed by atoms with Gasteiger partial charge in [-0.05, 0) is 43.5 Å². The minimum atomic E-state index is -0.258. The van der Waals surface area contributed by atoms with E-state index in [2.05, 4.69) is 15.6 Å². The summed E-state index contributed by atoms with van der Waals surface area (Å²) in [5, 5.41) is 5.69. The number of pyridine rings is 1. The average Bonchev–Trinajstić information content (AvgIpc) is 2.69. The van der Waals surface area contributed by atoms with Crippen LogP contribution in [-0.4, -0.2) is 36.9 Å². The van der Waals surface area contributed by atoms with Crippen molar-refractivity contribution in [3.63, 3.8) is 0 Å². The van der Waals surface area contributed by atoms with Gasteiger partial charge in [0.2, 0.25) is 0 Å². The van der Waals surface area contributed by atoms with Crippen LogP contribution in [0.3, 0.4) is 0 Å². The fourth-order valence-corrected chi connectivity index (χ4v) is 2.83. The van der Waals surface area contributed by atoms with Crippen molar-refractivity contribution in [2.24, 2.45) is 0 Å². The Bertz CT molecular complexity index is 688. The summed E-state index contributed by atoms with van der Waals surface area (Å²) in [5.41, 5.74) is 1.60. The predicted octanol–water partition coefficient (Wildman–Crippen LogP) is 3.39. The van der Waals surface area contributed by atoms with Gasteiger partial charge in [0, 0.05) is 31.5 Å². The van der Waals surface area contributed by atoms with E-state index in [0.717, 1.165) is 25.1 Å². The molecule has 2 aromatic rings. The number of amides is 2. The third-order valence-electron chi connectivity index (χ3n) is 4.23. The van der Waals surface area contributed by atoms with Crippen molar-refractivity contribution in [1.29, 1.82) is 0 Å². The number of anilines is 1. The number of rotatable bonds is 7. The number of nitrogens with zero attached hydrogens (tertiary/aromatic N) is 1. The van der Waals surface area contributed by atoms with Gasteiger partial charge in [-0.3, -0.25) is 4.98 Å². The standard InChI is InChI=1S/C20H25N3O3/c24-20(22-13-11-16-7-3-5-12-21-16)23-18-9-1-2-10-19(18)26-15-17-8-4-6-14-25-17/h1-3,5,7,9-10,12,17H,4,6,8,11,13-15H2,(H2,22,23,24). The van der Waals surface area contributed by atoms with Crippen LogP contribution >= 0.6 is 0 Å². The molecule has 2 heterocycles. The molecule has 0 aliphatic carbocycles. The predicted molar refractivity (Wildman–Crippen MR) is 100 cm³/mol. The van der Waals surface area contributed by atoms with E-state index in [0.29, 0.717) is 31.0 Å². The topological polar surface area (TPSA) is 72.5 Å². The number of aromatic nitrogens is 1. The molecule has 1 fully saturated rings. The number of urea groups is 1. The molecule has 0 spiro atoms. The van der Waals surface area contributed by atoms with Gasteiger partial charge in [0.1, 0.15) is 12.4 Å². The highest BCUT2D eigenvalue weighted by Crippen LogP contribution is 2.24. The monoisotopic (exact) mass is 355 g/mol. The molecule has 1 aromatic heterocycles. The summed E-state index contributed by atoms with van der Waals surface area (Å²) in [6.07, 6.45) is 5.87. The molecule has 26 heavy (non-hydrogen) atoms. The molecule has 1 atom stereocenters. The van der Waals surface area contributed by atoms with Gasteiger partial charge in [-0.25, -0.2) is 4.79 Å². The van der Waals surface area contributed by atoms with Gasteiger partial charge in [0.05, 0.1) is 11.8 Å². The van der Waals surface area contributed by atoms with Crippen molar-refractivity contribution < 1.29 is 14.3 Å². The number of carbonyl (C=O) groups is 1. The van der Waals surface area contributed by atoms with Crippen LogP contribution in [0.5, 0.6) is 5.75 Å². The molecule has 6 nitrogen and oxygen atoms in total. The first-order chi connectivity index (χ1) is 12.8. The maximum absolute atomic E-state index is 12.1. The van der Waals surface area contributed by atoms with E-state index in [9.17, 15) is 4.79 Å². The van der Waals surface area contributed by atoms with E-state index in [1.165, 1.54) is 6.42 Å². The summed E-state index contributed by atoms with van der Waals surface area (Å²) in [4.78, 5) is 16.4. The van der Waals surface area contributed by atoms with Crippen LogP contribution in [0.25, 0.3) is 0 Å². The number of nitrogens with one attached hydrogen (secondary N) is 2. The fraction of sp³-hybridized carbons (Fsp3) is 0.400. The van der Waals surface area contributed by atoms with Crippen LogP contribution in [0.2, 0.25) is 0 Å². The summed E-state index contributed by atoms with van der Waals surface area (Å²) >= 11 is 0. The second-order valence-corrected chi connectivity index (χ2v) is 6.25. The van der Waals surface area contributed by atoms with Gasteiger partial charge < -0.3 is 20.1 Å². The molecule has 3 rings (SSSR count). The van der Waals surface area contributed by atoms with E-state index >= 15 is 0 Å². The quantitative estimate of drug-likeness (QED) is 0.798. The van der Waals surface area contributed by atoms with Gasteiger partial charge >= 0.3 is 6.03 Å². The molecule has 1 unspecified atom stereocenters. The Balaban J connectivity index is 1.46. The lowest BCUT2D eigenvalue weighted by molar-refractivity contribution is -0.0109. The zero-order chi connectivity index (χ0) is 18.0. The number of hydrogen-bond acceptors (Lipinski definition) is 4. The number of para-hydroxylation sites is 2. The highest BCUT2D eigenvalue weighted by molar-refractivity contribution is 5.90. The van der Waals surface area contributed by atoms with Crippen molar-refractivity contribution in [3.8, 4) is 5.75 Å². The van der Waals surface area contributed by atoms with Crippen LogP contribution in [0.4, 0.5) is 10.5 Å². The molecule has 6 heteroatoms. The molecule has 1 saturated heterocycles. The summed E-state index contributed by atoms with van der Waals surface area (Å²) in [7, 11) is 0. The van der Waals surface area contributed by atoms with Crippen molar-refractivity contribution in [1.82, 2.24) is 10.3 Å². The van der Waals surface area contributed by atoms with Crippen LogP contribution in [0.1, 0.15) is 25.0 Å². The van der Waals surface area contributed by atoms with E-state index in [1.54, 1.807) is 6.20 Å². The summed E-state index contributed by atoms with van der Waals surface area (Å²) < 4.78 is 11.6. The third-order valence-corrected chi connectivity index (χ3v) is 4.23. The van der Waals surface area contributed by atoms with E-state index < -0.39 is 0 Å². The van der Waals surface area contributed by atoms with Crippen LogP contribution in [0, 0.1) is 0 Å². The Morgan fingerprint density at radius 3 is 2.88 bits per heavy atom. The zero-order valence-electron chi connectivity index (χ0n) is 14.8. The maximum atomic E-state index is 12.1. The smallest absolute Gasteiger partial charge is 0.319 e. The molecule has 1 aliphatic heterocycles. The normalized spacial score (nSPS) is 16.7. The van der Waals surface area contributed by atoms with E-state index in [1.807, 2.05) is 42.5 Å². The van der Waals surface area contributed by atoms with Crippen LogP contribution < -0.4 is 15.4 Å². The summed E-state index contributed by atoms with van der Waals surface area (Å²) in [6, 6.07) is 12.9. The Morgan fingerprint density at radius 2 is 2.08 bits per heavy atom. The molecule has 2 N–H and O–H groups in total. The van der Waals surface area contributed by atoms with Crippen molar-refractivity contribution >= 4 is 11.7 Å². The summed E-state index contributed by atoms with van der Waals surface area (Å²) in [6.45, 7) is 1.81. The van der Waals surface area contributed by atoms with E-state index in [-0.39, 0.29) is 12.1 Å². The Morgan fingerprint density at radius 1 is 1.19 bits per heavy atom. The largest absolute Gasteiger partial charge is 0.489 e. The Kier molecular flexibility index (Phi) is 6.84. The maximum Gasteiger partial charge on any atom is 0.319 e. The first-order valence-electron chi connectivity index (χ1n) is 9.09. The highest BCUT2D eigenvalue weighted by Gasteiger charge is 2.15. The lowest BCUT2D eigenvalue weighted by Gasteiger charge is -2.23. The van der Waals surface area contributed by atoms with Crippen LogP contribution in [0.15, 0.2) is 48.7 Å². The molecule has 0 bridgehead atoms. The molecular formula is C20H25N3O3. The number of benzene rings is 1. The first kappa shape index (κ1) is 18.2. The Hall–Kier alpha value is -2.60. The van der Waals surface area contributed by atoms with Gasteiger partial charge in [0.15, 0.2) is 0 Å². The van der Waals surface area contributed by atoms with Gasteiger partial charge in [-0.1, -0.05) is 18.2 Å². The molecular weight excluding hydrogens is 330 g/mol. The molecule has 138 valence electrons. The van der Waals surface area contributed by atoms with E-state index in [4.69, 9.17) is 9.47 Å². The fourth-order valence-electron chi connectivity index (χ4n) is 2.83. The number of hydrogen-bond donors (Lipinski definition) is 2. The minimum absolute atomic E-state index is 0.129. The number of carbonyl (C=O) groups excluding carboxylic acids is 1. The van der Waals surface area contributed by atoms with Gasteiger partial charge in [-0.15, -0.1) is 0 Å². The molecule has 1 aliphatic rings. The minimum Gasteiger partial charge on any atom is -0.489 e. The second kappa shape index (κ2) is 9.77. The highest BCUT2D eigenvalue weighted by atomic mass is 16.5. The second-order valence-electron chi connectivity index (χ2n) is 6.25. The molecule has 0 saturated carbocycles. The van der Waals surface area contributed by atoms with Crippen molar-refractivity contribution in [3.05, 3.63) is 54.4 Å². The zero-order valence-corrected chi connectivity index (χ0v) is 14.8. The molecule has 1 aromatic carbocycles. The van der Waals surface area contributed by atoms with Gasteiger partial charge in [-0.2, -0.15) is 0 Å². The summed E-state index contributed by atoms with van der Waals surface area (Å²) in [5.74, 6) is 0.654. The Labute approximate surface area is 153 Å². The first-order valence-corrected chi connectivity index (χ1v) is 9.09. The van der Waals surface area contributed by atoms with Crippen molar-refractivity contribution in [2.75, 3.05) is 25.1 Å².